The van der Waals surface area contributed by atoms with Gasteiger partial charge in [0.15, 0.2) is 22.8 Å². The van der Waals surface area contributed by atoms with E-state index in [0.29, 0.717) is 84.2 Å². The summed E-state index contributed by atoms with van der Waals surface area (Å²) >= 11 is 13.8. The summed E-state index contributed by atoms with van der Waals surface area (Å²) in [5.74, 6) is -2.09. The number of anilines is 2. The highest BCUT2D eigenvalue weighted by atomic mass is 35.5. The second kappa shape index (κ2) is 22.2. The number of aromatic nitrogens is 10. The van der Waals surface area contributed by atoms with Crippen molar-refractivity contribution in [3.8, 4) is 56.9 Å². The predicted molar refractivity (Wildman–Crippen MR) is 310 cm³/mol. The quantitative estimate of drug-likeness (QED) is 0.139. The van der Waals surface area contributed by atoms with Crippen LogP contribution in [-0.4, -0.2) is 145 Å². The van der Waals surface area contributed by atoms with Gasteiger partial charge in [-0.15, -0.1) is 0 Å². The SMILES string of the molecule is C=CC(=O)N1CCN2c3nc(=O)n(-c4c(C)ncnc4C(C)C)c4nc(-c5c(O)cccc5F)c(Cl)c(c34)OC[C@H]2C1.C=CC(=O)N1CCN2c3nc(=O)n(-c4c(C)ncnc4C(C)C)c4nc(-c5c(O)cccc5F)c(Cl)c(c34)OC[C@H]2C1. The molecule has 2 fully saturated rings. The van der Waals surface area contributed by atoms with Crippen LogP contribution in [0.4, 0.5) is 20.4 Å². The van der Waals surface area contributed by atoms with Crippen LogP contribution in [0.1, 0.15) is 62.3 Å². The molecule has 2 saturated heterocycles. The monoisotopic (exact) mass is 1180 g/mol. The first kappa shape index (κ1) is 56.7. The number of amides is 2. The number of halogens is 4. The normalized spacial score (nSPS) is 16.3. The molecule has 12 rings (SSSR count). The second-order valence-electron chi connectivity index (χ2n) is 21.0. The minimum atomic E-state index is -0.758. The van der Waals surface area contributed by atoms with Crippen LogP contribution in [0.15, 0.2) is 84.0 Å². The van der Waals surface area contributed by atoms with E-state index in [1.807, 2.05) is 37.5 Å². The van der Waals surface area contributed by atoms with E-state index in [9.17, 15) is 29.4 Å². The van der Waals surface area contributed by atoms with Gasteiger partial charge in [0.2, 0.25) is 11.8 Å². The number of piperazine rings is 2. The maximum absolute atomic E-state index is 15.2. The Morgan fingerprint density at radius 1 is 0.631 bits per heavy atom. The number of carbonyl (C=O) groups excluding carboxylic acids is 2. The van der Waals surface area contributed by atoms with Crippen molar-refractivity contribution in [3.05, 3.63) is 140 Å². The van der Waals surface area contributed by atoms with Gasteiger partial charge < -0.3 is 39.3 Å². The first-order chi connectivity index (χ1) is 40.2. The van der Waals surface area contributed by atoms with Crippen LogP contribution < -0.4 is 30.7 Å². The summed E-state index contributed by atoms with van der Waals surface area (Å²) in [7, 11) is 0. The van der Waals surface area contributed by atoms with Crippen LogP contribution in [0, 0.1) is 25.5 Å². The number of rotatable bonds is 8. The molecule has 2 amide bonds. The lowest BCUT2D eigenvalue weighted by molar-refractivity contribution is -0.127. The Labute approximate surface area is 487 Å². The van der Waals surface area contributed by atoms with Crippen molar-refractivity contribution in [1.29, 1.82) is 0 Å². The fourth-order valence-electron chi connectivity index (χ4n) is 11.2. The molecule has 84 heavy (non-hydrogen) atoms. The van der Waals surface area contributed by atoms with Crippen molar-refractivity contribution in [2.24, 2.45) is 0 Å². The molecular weight excluding hydrogens is 1130 g/mol. The molecule has 2 aromatic carbocycles. The first-order valence-corrected chi connectivity index (χ1v) is 27.5. The zero-order valence-electron chi connectivity index (χ0n) is 46.3. The largest absolute Gasteiger partial charge is 0.507 e. The van der Waals surface area contributed by atoms with Gasteiger partial charge in [-0.3, -0.25) is 9.59 Å². The summed E-state index contributed by atoms with van der Waals surface area (Å²) in [4.78, 5) is 96.0. The van der Waals surface area contributed by atoms with Gasteiger partial charge in [-0.1, -0.05) is 76.2 Å². The highest BCUT2D eigenvalue weighted by Crippen LogP contribution is 2.49. The molecule has 2 atom stereocenters. The van der Waals surface area contributed by atoms with Crippen LogP contribution in [-0.2, 0) is 9.59 Å². The number of hydrogen-bond donors (Lipinski definition) is 2. The smallest absolute Gasteiger partial charge is 0.355 e. The summed E-state index contributed by atoms with van der Waals surface area (Å²) in [5.41, 5.74) is 1.13. The van der Waals surface area contributed by atoms with E-state index in [1.165, 1.54) is 70.3 Å². The fourth-order valence-corrected chi connectivity index (χ4v) is 11.8. The van der Waals surface area contributed by atoms with Gasteiger partial charge >= 0.3 is 11.4 Å². The van der Waals surface area contributed by atoms with Crippen LogP contribution >= 0.6 is 23.2 Å². The van der Waals surface area contributed by atoms with E-state index in [-0.39, 0.29) is 127 Å². The molecular formula is C58H54Cl2F2N14O8. The van der Waals surface area contributed by atoms with E-state index in [1.54, 1.807) is 23.6 Å². The van der Waals surface area contributed by atoms with Gasteiger partial charge in [-0.2, -0.15) is 9.97 Å². The lowest BCUT2D eigenvalue weighted by Gasteiger charge is -2.40. The van der Waals surface area contributed by atoms with Crippen LogP contribution in [0.3, 0.4) is 0 Å². The first-order valence-electron chi connectivity index (χ1n) is 26.8. The maximum atomic E-state index is 15.2. The molecule has 4 aliphatic heterocycles. The average molecular weight is 1180 g/mol. The van der Waals surface area contributed by atoms with Gasteiger partial charge in [0.25, 0.3) is 0 Å². The predicted octanol–water partition coefficient (Wildman–Crippen LogP) is 7.53. The Balaban J connectivity index is 0.000000175. The highest BCUT2D eigenvalue weighted by Gasteiger charge is 2.40. The number of aryl methyl sites for hydroxylation is 2. The number of aromatic hydroxyl groups is 2. The van der Waals surface area contributed by atoms with E-state index in [0.717, 1.165) is 0 Å². The zero-order chi connectivity index (χ0) is 59.7. The summed E-state index contributed by atoms with van der Waals surface area (Å²) in [6.45, 7) is 20.6. The van der Waals surface area contributed by atoms with E-state index >= 15 is 8.78 Å². The Morgan fingerprint density at radius 2 is 1.02 bits per heavy atom. The molecule has 2 N–H and O–H groups in total. The zero-order valence-corrected chi connectivity index (χ0v) is 47.8. The number of ether oxygens (including phenoxy) is 2. The van der Waals surface area contributed by atoms with Crippen LogP contribution in [0.5, 0.6) is 23.0 Å². The number of fused-ring (bicyclic) bond motifs is 4. The Hall–Kier alpha value is -9.16. The van der Waals surface area contributed by atoms with Crippen molar-refractivity contribution < 1.29 is 38.1 Å². The molecule has 0 radical (unpaired) electrons. The molecule has 0 bridgehead atoms. The number of nitrogens with zero attached hydrogens (tertiary/aromatic N) is 14. The molecule has 0 aliphatic carbocycles. The third-order valence-corrected chi connectivity index (χ3v) is 15.9. The Morgan fingerprint density at radius 3 is 1.38 bits per heavy atom. The third kappa shape index (κ3) is 9.51. The van der Waals surface area contributed by atoms with Gasteiger partial charge in [-0.25, -0.2) is 57.4 Å². The Bertz CT molecular complexity index is 3910. The molecule has 8 aromatic rings. The van der Waals surface area contributed by atoms with Gasteiger partial charge in [0.1, 0.15) is 92.8 Å². The van der Waals surface area contributed by atoms with Gasteiger partial charge in [-0.05, 0) is 62.1 Å². The number of phenols is 2. The lowest BCUT2D eigenvalue weighted by atomic mass is 10.1. The minimum absolute atomic E-state index is 0.0554. The van der Waals surface area contributed by atoms with Crippen molar-refractivity contribution in [3.63, 3.8) is 0 Å². The molecule has 0 saturated carbocycles. The molecule has 4 aliphatic rings. The molecule has 0 spiro atoms. The summed E-state index contributed by atoms with van der Waals surface area (Å²) in [6, 6.07) is 6.97. The molecule has 0 unspecified atom stereocenters. The van der Waals surface area contributed by atoms with Crippen molar-refractivity contribution in [2.75, 3.05) is 62.3 Å². The molecule has 432 valence electrons. The number of carbonyl (C=O) groups is 2. The number of hydrogen-bond acceptors (Lipinski definition) is 18. The van der Waals surface area contributed by atoms with E-state index in [4.69, 9.17) is 42.6 Å². The van der Waals surface area contributed by atoms with Crippen molar-refractivity contribution >= 4 is 68.7 Å². The van der Waals surface area contributed by atoms with Crippen molar-refractivity contribution in [2.45, 2.75) is 65.5 Å². The average Bonchev–Trinajstić information content (AvgIpc) is 1.27. The molecule has 22 nitrogen and oxygen atoms in total. The maximum Gasteiger partial charge on any atom is 0.355 e. The van der Waals surface area contributed by atoms with E-state index < -0.39 is 23.0 Å². The van der Waals surface area contributed by atoms with E-state index in [2.05, 4.69) is 43.1 Å². The topological polar surface area (TPSA) is 253 Å². The second-order valence-corrected chi connectivity index (χ2v) is 21.7. The standard InChI is InChI=1S/2C29H27ClFN7O4/c2*1-5-19(40)36-9-10-37-16(11-36)12-42-26-21-27(37)35-29(41)38(25-15(4)32-13-33-23(25)14(2)3)28(21)34-24(22(26)30)20-17(31)7-6-8-18(20)39/h2*5-8,13-14,16,39H,1,9-12H2,2-4H3/t2*16-/m11/s1. The minimum Gasteiger partial charge on any atom is -0.507 e. The highest BCUT2D eigenvalue weighted by molar-refractivity contribution is 6.36. The fraction of sp³-hybridized carbons (Fsp3) is 0.310. The van der Waals surface area contributed by atoms with Crippen molar-refractivity contribution in [1.82, 2.24) is 58.8 Å². The van der Waals surface area contributed by atoms with Gasteiger partial charge in [0.05, 0.1) is 57.4 Å². The lowest BCUT2D eigenvalue weighted by Crippen LogP contribution is -2.56. The number of pyridine rings is 2. The van der Waals surface area contributed by atoms with Gasteiger partial charge in [0, 0.05) is 39.3 Å². The van der Waals surface area contributed by atoms with Crippen LogP contribution in [0.2, 0.25) is 10.0 Å². The molecule has 6 aromatic heterocycles. The number of benzene rings is 2. The summed E-state index contributed by atoms with van der Waals surface area (Å²) in [6.07, 6.45) is 5.36. The summed E-state index contributed by atoms with van der Waals surface area (Å²) in [5, 5.41) is 21.9. The summed E-state index contributed by atoms with van der Waals surface area (Å²) < 4.78 is 45.6. The number of phenolic OH excluding ortho intramolecular Hbond substituents is 2. The third-order valence-electron chi connectivity index (χ3n) is 15.2. The van der Waals surface area contributed by atoms with Crippen LogP contribution in [0.25, 0.3) is 56.0 Å². The Kier molecular flexibility index (Phi) is 15.0. The molecule has 10 heterocycles. The molecule has 26 heteroatoms.